The van der Waals surface area contributed by atoms with Crippen LogP contribution in [0, 0.1) is 0 Å². The Morgan fingerprint density at radius 3 is 2.06 bits per heavy atom. The van der Waals surface area contributed by atoms with Crippen LogP contribution in [0.2, 0.25) is 0 Å². The highest BCUT2D eigenvalue weighted by Crippen LogP contribution is 2.27. The van der Waals surface area contributed by atoms with Gasteiger partial charge in [0, 0.05) is 30.0 Å². The fourth-order valence-electron chi connectivity index (χ4n) is 2.00. The third-order valence-electron chi connectivity index (χ3n) is 2.75. The highest BCUT2D eigenvalue weighted by atomic mass is 15.1. The van der Waals surface area contributed by atoms with Gasteiger partial charge in [0.25, 0.3) is 0 Å². The Morgan fingerprint density at radius 2 is 1.59 bits per heavy atom. The lowest BCUT2D eigenvalue weighted by Gasteiger charge is -2.13. The van der Waals surface area contributed by atoms with E-state index in [-0.39, 0.29) is 5.92 Å². The second kappa shape index (κ2) is 4.25. The molecular formula is C13H12N4. The van der Waals surface area contributed by atoms with Crippen LogP contribution in [0.15, 0.2) is 55.0 Å². The molecule has 4 nitrogen and oxygen atoms in total. The van der Waals surface area contributed by atoms with Gasteiger partial charge < -0.3 is 9.97 Å². The van der Waals surface area contributed by atoms with Crippen LogP contribution in [-0.4, -0.2) is 20.2 Å². The van der Waals surface area contributed by atoms with E-state index in [1.54, 1.807) is 6.20 Å². The molecule has 0 saturated carbocycles. The molecule has 84 valence electrons. The summed E-state index contributed by atoms with van der Waals surface area (Å²) < 4.78 is 0. The fraction of sp³-hybridized carbons (Fsp3) is 0.0769. The van der Waals surface area contributed by atoms with Crippen LogP contribution in [-0.2, 0) is 0 Å². The maximum atomic E-state index is 4.20. The third kappa shape index (κ3) is 1.85. The lowest BCUT2D eigenvalue weighted by atomic mass is 9.97. The van der Waals surface area contributed by atoms with Crippen molar-refractivity contribution in [3.8, 4) is 0 Å². The van der Waals surface area contributed by atoms with Gasteiger partial charge in [0.15, 0.2) is 0 Å². The molecule has 0 aliphatic carbocycles. The molecule has 0 aromatic carbocycles. The Kier molecular flexibility index (Phi) is 2.46. The summed E-state index contributed by atoms with van der Waals surface area (Å²) >= 11 is 0. The van der Waals surface area contributed by atoms with E-state index >= 15 is 0 Å². The van der Waals surface area contributed by atoms with Gasteiger partial charge in [-0.2, -0.15) is 10.2 Å². The first kappa shape index (κ1) is 9.84. The van der Waals surface area contributed by atoms with Crippen molar-refractivity contribution in [3.05, 3.63) is 72.1 Å². The van der Waals surface area contributed by atoms with Crippen LogP contribution in [0.4, 0.5) is 0 Å². The second-order valence-corrected chi connectivity index (χ2v) is 3.83. The Hall–Kier alpha value is -2.36. The smallest absolute Gasteiger partial charge is 0.0832 e. The number of aromatic nitrogens is 4. The molecule has 0 bridgehead atoms. The van der Waals surface area contributed by atoms with Gasteiger partial charge in [-0.1, -0.05) is 0 Å². The molecule has 0 aliphatic heterocycles. The minimum Gasteiger partial charge on any atom is -0.364 e. The maximum absolute atomic E-state index is 4.20. The Bertz CT molecular complexity index is 521. The van der Waals surface area contributed by atoms with Crippen LogP contribution in [0.3, 0.4) is 0 Å². The predicted molar refractivity (Wildman–Crippen MR) is 64.6 cm³/mol. The number of hydrogen-bond acceptors (Lipinski definition) is 2. The molecule has 0 radical (unpaired) electrons. The lowest BCUT2D eigenvalue weighted by molar-refractivity contribution is 0.817. The van der Waals surface area contributed by atoms with Crippen molar-refractivity contribution < 1.29 is 0 Å². The van der Waals surface area contributed by atoms with Crippen LogP contribution in [0.5, 0.6) is 0 Å². The highest BCUT2D eigenvalue weighted by Gasteiger charge is 2.19. The average molecular weight is 224 g/mol. The zero-order valence-corrected chi connectivity index (χ0v) is 9.17. The lowest BCUT2D eigenvalue weighted by Crippen LogP contribution is -2.06. The van der Waals surface area contributed by atoms with Gasteiger partial charge in [0.2, 0.25) is 0 Å². The summed E-state index contributed by atoms with van der Waals surface area (Å²) in [7, 11) is 0. The standard InChI is InChI=1S/C13H12N4/c1-4-10(14-7-1)13(11-5-2-8-15-11)12-6-3-9-16-17-12/h1-9,13-15H. The third-order valence-corrected chi connectivity index (χ3v) is 2.75. The number of nitrogens with one attached hydrogen (secondary N) is 2. The second-order valence-electron chi connectivity index (χ2n) is 3.83. The minimum absolute atomic E-state index is 0.0775. The topological polar surface area (TPSA) is 57.4 Å². The molecule has 0 spiro atoms. The van der Waals surface area contributed by atoms with E-state index in [0.29, 0.717) is 0 Å². The van der Waals surface area contributed by atoms with E-state index in [2.05, 4.69) is 32.3 Å². The van der Waals surface area contributed by atoms with Crippen molar-refractivity contribution in [2.24, 2.45) is 0 Å². The highest BCUT2D eigenvalue weighted by molar-refractivity contribution is 5.33. The monoisotopic (exact) mass is 224 g/mol. The van der Waals surface area contributed by atoms with E-state index in [1.165, 1.54) is 0 Å². The van der Waals surface area contributed by atoms with Crippen molar-refractivity contribution >= 4 is 0 Å². The van der Waals surface area contributed by atoms with E-state index < -0.39 is 0 Å². The van der Waals surface area contributed by atoms with Gasteiger partial charge in [-0.05, 0) is 36.4 Å². The molecule has 2 N–H and O–H groups in total. The molecule has 0 unspecified atom stereocenters. The molecule has 0 atom stereocenters. The van der Waals surface area contributed by atoms with Crippen molar-refractivity contribution in [3.63, 3.8) is 0 Å². The van der Waals surface area contributed by atoms with Crippen LogP contribution in [0.25, 0.3) is 0 Å². The van der Waals surface area contributed by atoms with E-state index in [0.717, 1.165) is 17.1 Å². The maximum Gasteiger partial charge on any atom is 0.0832 e. The average Bonchev–Trinajstić information content (AvgIpc) is 3.04. The zero-order valence-electron chi connectivity index (χ0n) is 9.17. The number of rotatable bonds is 3. The number of hydrogen-bond donors (Lipinski definition) is 2. The summed E-state index contributed by atoms with van der Waals surface area (Å²) in [4.78, 5) is 6.47. The Morgan fingerprint density at radius 1 is 0.882 bits per heavy atom. The normalized spacial score (nSPS) is 10.9. The Labute approximate surface area is 98.7 Å². The summed E-state index contributed by atoms with van der Waals surface area (Å²) in [6, 6.07) is 12.0. The number of aromatic amines is 2. The van der Waals surface area contributed by atoms with Gasteiger partial charge in [-0.15, -0.1) is 0 Å². The van der Waals surface area contributed by atoms with Gasteiger partial charge in [0.05, 0.1) is 11.6 Å². The summed E-state index contributed by atoms with van der Waals surface area (Å²) in [6.45, 7) is 0. The van der Waals surface area contributed by atoms with Crippen molar-refractivity contribution in [2.45, 2.75) is 5.92 Å². The van der Waals surface area contributed by atoms with Crippen molar-refractivity contribution in [1.29, 1.82) is 0 Å². The largest absolute Gasteiger partial charge is 0.364 e. The summed E-state index contributed by atoms with van der Waals surface area (Å²) in [6.07, 6.45) is 5.52. The van der Waals surface area contributed by atoms with Crippen molar-refractivity contribution in [2.75, 3.05) is 0 Å². The quantitative estimate of drug-likeness (QED) is 0.717. The van der Waals surface area contributed by atoms with Crippen LogP contribution >= 0.6 is 0 Å². The SMILES string of the molecule is c1cnnc(C(c2ccc[nH]2)c2ccc[nH]2)c1. The first-order valence-corrected chi connectivity index (χ1v) is 5.49. The molecule has 0 fully saturated rings. The molecule has 0 amide bonds. The van der Waals surface area contributed by atoms with Crippen LogP contribution in [0.1, 0.15) is 23.0 Å². The molecule has 3 aromatic rings. The minimum atomic E-state index is 0.0775. The number of H-pyrrole nitrogens is 2. The van der Waals surface area contributed by atoms with Crippen LogP contribution < -0.4 is 0 Å². The molecule has 3 aromatic heterocycles. The van der Waals surface area contributed by atoms with Gasteiger partial charge in [-0.25, -0.2) is 0 Å². The molecule has 17 heavy (non-hydrogen) atoms. The van der Waals surface area contributed by atoms with E-state index in [4.69, 9.17) is 0 Å². The first-order chi connectivity index (χ1) is 8.45. The molecular weight excluding hydrogens is 212 g/mol. The van der Waals surface area contributed by atoms with Gasteiger partial charge in [0.1, 0.15) is 0 Å². The molecule has 3 heterocycles. The molecule has 4 heteroatoms. The van der Waals surface area contributed by atoms with Gasteiger partial charge >= 0.3 is 0 Å². The summed E-state index contributed by atoms with van der Waals surface area (Å²) in [5, 5.41) is 8.15. The van der Waals surface area contributed by atoms with Gasteiger partial charge in [-0.3, -0.25) is 0 Å². The fourth-order valence-corrected chi connectivity index (χ4v) is 2.00. The first-order valence-electron chi connectivity index (χ1n) is 5.49. The summed E-state index contributed by atoms with van der Waals surface area (Å²) in [5.41, 5.74) is 3.14. The number of nitrogens with zero attached hydrogens (tertiary/aromatic N) is 2. The van der Waals surface area contributed by atoms with E-state index in [9.17, 15) is 0 Å². The van der Waals surface area contributed by atoms with E-state index in [1.807, 2.05) is 36.7 Å². The molecule has 0 aliphatic rings. The molecule has 0 saturated heterocycles. The van der Waals surface area contributed by atoms with Crippen molar-refractivity contribution in [1.82, 2.24) is 20.2 Å². The Balaban J connectivity index is 2.10. The zero-order chi connectivity index (χ0) is 11.5. The predicted octanol–water partition coefficient (Wildman–Crippen LogP) is 2.31. The summed E-state index contributed by atoms with van der Waals surface area (Å²) in [5.74, 6) is 0.0775. The molecule has 3 rings (SSSR count).